The molecule has 116 valence electrons. The van der Waals surface area contributed by atoms with Crippen LogP contribution in [0.1, 0.15) is 30.4 Å². The van der Waals surface area contributed by atoms with Crippen LogP contribution in [0, 0.1) is 30.6 Å². The standard InChI is InChI=1S/C22H22S/c1-14-7-11-18(12-8-14)23-22-20(15-5-3-2-4-6-15)19-16-9-10-17(13-16)21(19)22/h2-8,11-12,16-17,19,21H,9-10,13H2,1H3. The zero-order valence-corrected chi connectivity index (χ0v) is 14.4. The van der Waals surface area contributed by atoms with Crippen LogP contribution in [0.5, 0.6) is 0 Å². The van der Waals surface area contributed by atoms with Crippen LogP contribution in [0.2, 0.25) is 0 Å². The van der Waals surface area contributed by atoms with Crippen molar-refractivity contribution in [1.82, 2.24) is 0 Å². The predicted molar refractivity (Wildman–Crippen MR) is 98.2 cm³/mol. The fourth-order valence-electron chi connectivity index (χ4n) is 5.14. The van der Waals surface area contributed by atoms with Crippen molar-refractivity contribution in [3.63, 3.8) is 0 Å². The van der Waals surface area contributed by atoms with Crippen molar-refractivity contribution in [2.45, 2.75) is 31.1 Å². The Morgan fingerprint density at radius 2 is 1.52 bits per heavy atom. The van der Waals surface area contributed by atoms with Gasteiger partial charge in [0.05, 0.1) is 0 Å². The summed E-state index contributed by atoms with van der Waals surface area (Å²) in [4.78, 5) is 3.08. The molecule has 3 aliphatic carbocycles. The molecule has 5 rings (SSSR count). The molecule has 2 fully saturated rings. The number of hydrogen-bond donors (Lipinski definition) is 0. The Labute approximate surface area is 143 Å². The van der Waals surface area contributed by atoms with Crippen LogP contribution in [0.3, 0.4) is 0 Å². The van der Waals surface area contributed by atoms with Crippen LogP contribution in [-0.4, -0.2) is 0 Å². The van der Waals surface area contributed by atoms with E-state index in [2.05, 4.69) is 61.5 Å². The number of fused-ring (bicyclic) bond motifs is 5. The predicted octanol–water partition coefficient (Wildman–Crippen LogP) is 6.17. The Morgan fingerprint density at radius 3 is 2.26 bits per heavy atom. The second kappa shape index (κ2) is 5.27. The van der Waals surface area contributed by atoms with Gasteiger partial charge >= 0.3 is 0 Å². The summed E-state index contributed by atoms with van der Waals surface area (Å²) in [5.41, 5.74) is 4.49. The van der Waals surface area contributed by atoms with Gasteiger partial charge in [-0.1, -0.05) is 59.8 Å². The summed E-state index contributed by atoms with van der Waals surface area (Å²) in [5, 5.41) is 0. The molecule has 0 aromatic heterocycles. The van der Waals surface area contributed by atoms with Crippen molar-refractivity contribution in [2.75, 3.05) is 0 Å². The summed E-state index contributed by atoms with van der Waals surface area (Å²) < 4.78 is 0. The molecule has 0 aliphatic heterocycles. The summed E-state index contributed by atoms with van der Waals surface area (Å²) in [7, 11) is 0. The Kier molecular flexibility index (Phi) is 3.19. The van der Waals surface area contributed by atoms with Gasteiger partial charge in [0, 0.05) is 10.8 Å². The summed E-state index contributed by atoms with van der Waals surface area (Å²) in [6.07, 6.45) is 4.40. The van der Waals surface area contributed by atoms with Crippen molar-refractivity contribution < 1.29 is 0 Å². The first-order valence-electron chi connectivity index (χ1n) is 8.85. The number of thioether (sulfide) groups is 1. The number of allylic oxidation sites excluding steroid dienone is 2. The van der Waals surface area contributed by atoms with Gasteiger partial charge in [0.1, 0.15) is 0 Å². The van der Waals surface area contributed by atoms with Crippen LogP contribution in [0.4, 0.5) is 0 Å². The highest BCUT2D eigenvalue weighted by Gasteiger charge is 2.57. The van der Waals surface area contributed by atoms with Crippen LogP contribution < -0.4 is 0 Å². The summed E-state index contributed by atoms with van der Waals surface area (Å²) in [6.45, 7) is 2.17. The van der Waals surface area contributed by atoms with E-state index in [4.69, 9.17) is 0 Å². The molecule has 4 atom stereocenters. The minimum Gasteiger partial charge on any atom is -0.0939 e. The largest absolute Gasteiger partial charge is 0.0939 e. The average Bonchev–Trinajstić information content (AvgIpc) is 3.13. The summed E-state index contributed by atoms with van der Waals surface area (Å²) >= 11 is 2.04. The maximum absolute atomic E-state index is 2.31. The number of aryl methyl sites for hydroxylation is 1. The smallest absolute Gasteiger partial charge is 0.0119 e. The van der Waals surface area contributed by atoms with Gasteiger partial charge in [-0.05, 0) is 72.1 Å². The number of benzene rings is 2. The first kappa shape index (κ1) is 13.9. The minimum absolute atomic E-state index is 0.851. The monoisotopic (exact) mass is 318 g/mol. The van der Waals surface area contributed by atoms with Crippen LogP contribution in [-0.2, 0) is 0 Å². The van der Waals surface area contributed by atoms with Gasteiger partial charge in [-0.15, -0.1) is 0 Å². The molecular formula is C22H22S. The van der Waals surface area contributed by atoms with Gasteiger partial charge in [-0.2, -0.15) is 0 Å². The lowest BCUT2D eigenvalue weighted by atomic mass is 9.64. The van der Waals surface area contributed by atoms with Crippen molar-refractivity contribution in [1.29, 1.82) is 0 Å². The van der Waals surface area contributed by atoms with Gasteiger partial charge in [-0.3, -0.25) is 0 Å². The van der Waals surface area contributed by atoms with E-state index < -0.39 is 0 Å². The fourth-order valence-corrected chi connectivity index (χ4v) is 6.51. The zero-order chi connectivity index (χ0) is 15.4. The molecule has 0 radical (unpaired) electrons. The van der Waals surface area contributed by atoms with E-state index in [0.29, 0.717) is 0 Å². The molecule has 0 nitrogen and oxygen atoms in total. The molecule has 0 spiro atoms. The molecule has 0 saturated heterocycles. The molecule has 2 saturated carbocycles. The van der Waals surface area contributed by atoms with Gasteiger partial charge in [-0.25, -0.2) is 0 Å². The lowest BCUT2D eigenvalue weighted by Crippen LogP contribution is -2.33. The molecule has 2 aromatic carbocycles. The second-order valence-electron chi connectivity index (χ2n) is 7.44. The molecule has 4 unspecified atom stereocenters. The Morgan fingerprint density at radius 1 is 0.826 bits per heavy atom. The highest BCUT2D eigenvalue weighted by atomic mass is 32.2. The van der Waals surface area contributed by atoms with E-state index in [-0.39, 0.29) is 0 Å². The zero-order valence-electron chi connectivity index (χ0n) is 13.5. The van der Waals surface area contributed by atoms with Crippen LogP contribution >= 0.6 is 11.8 Å². The van der Waals surface area contributed by atoms with Gasteiger partial charge in [0.15, 0.2) is 0 Å². The topological polar surface area (TPSA) is 0 Å². The second-order valence-corrected chi connectivity index (χ2v) is 8.56. The molecule has 3 aliphatic rings. The minimum atomic E-state index is 0.851. The van der Waals surface area contributed by atoms with Crippen LogP contribution in [0.25, 0.3) is 5.57 Å². The molecule has 23 heavy (non-hydrogen) atoms. The van der Waals surface area contributed by atoms with E-state index in [1.54, 1.807) is 10.5 Å². The molecule has 0 heterocycles. The third kappa shape index (κ3) is 2.13. The van der Waals surface area contributed by atoms with E-state index in [9.17, 15) is 0 Å². The number of hydrogen-bond acceptors (Lipinski definition) is 1. The van der Waals surface area contributed by atoms with Gasteiger partial charge in [0.25, 0.3) is 0 Å². The quantitative estimate of drug-likeness (QED) is 0.651. The lowest BCUT2D eigenvalue weighted by molar-refractivity contribution is 0.294. The van der Waals surface area contributed by atoms with Gasteiger partial charge < -0.3 is 0 Å². The van der Waals surface area contributed by atoms with Crippen molar-refractivity contribution in [3.05, 3.63) is 70.6 Å². The average molecular weight is 318 g/mol. The molecule has 1 heteroatoms. The summed E-state index contributed by atoms with van der Waals surface area (Å²) in [6, 6.07) is 20.2. The molecule has 0 amide bonds. The maximum Gasteiger partial charge on any atom is 0.0119 e. The first-order chi connectivity index (χ1) is 11.3. The Balaban J connectivity index is 1.56. The molecule has 0 N–H and O–H groups in total. The van der Waals surface area contributed by atoms with E-state index >= 15 is 0 Å². The lowest BCUT2D eigenvalue weighted by Gasteiger charge is -2.45. The Hall–Kier alpha value is -1.47. The first-order valence-corrected chi connectivity index (χ1v) is 9.67. The van der Waals surface area contributed by atoms with E-state index in [1.165, 1.54) is 35.3 Å². The maximum atomic E-state index is 2.31. The van der Waals surface area contributed by atoms with Crippen molar-refractivity contribution in [2.24, 2.45) is 23.7 Å². The van der Waals surface area contributed by atoms with E-state index in [0.717, 1.165) is 23.7 Å². The van der Waals surface area contributed by atoms with Gasteiger partial charge in [0.2, 0.25) is 0 Å². The molecule has 2 bridgehead atoms. The molecular weight excluding hydrogens is 296 g/mol. The molecule has 2 aromatic rings. The summed E-state index contributed by atoms with van der Waals surface area (Å²) in [5.74, 6) is 3.63. The highest BCUT2D eigenvalue weighted by Crippen LogP contribution is 2.68. The van der Waals surface area contributed by atoms with Crippen LogP contribution in [0.15, 0.2) is 64.4 Å². The SMILES string of the molecule is Cc1ccc(SC2=C(c3ccccc3)C3C4CCC(C4)C23)cc1. The van der Waals surface area contributed by atoms with E-state index in [1.807, 2.05) is 11.8 Å². The normalized spacial score (nSPS) is 31.2. The van der Waals surface area contributed by atoms with Crippen molar-refractivity contribution >= 4 is 17.3 Å². The third-order valence-corrected chi connectivity index (χ3v) is 7.37. The number of rotatable bonds is 3. The fraction of sp³-hybridized carbons (Fsp3) is 0.364. The Bertz CT molecular complexity index is 756. The third-order valence-electron chi connectivity index (χ3n) is 6.15. The highest BCUT2D eigenvalue weighted by molar-refractivity contribution is 8.03. The van der Waals surface area contributed by atoms with Crippen molar-refractivity contribution in [3.8, 4) is 0 Å².